The Labute approximate surface area is 103 Å². The molecule has 1 aromatic rings. The summed E-state index contributed by atoms with van der Waals surface area (Å²) in [6, 6.07) is 9.31. The average Bonchev–Trinajstić information content (AvgIpc) is 2.30. The molecule has 1 N–H and O–H groups in total. The van der Waals surface area contributed by atoms with Gasteiger partial charge in [0.05, 0.1) is 6.61 Å². The molecule has 0 fully saturated rings. The SMILES string of the molecule is CCOC(=O)[C@@H](NCC(C)C)c1ccccc1. The van der Waals surface area contributed by atoms with Crippen molar-refractivity contribution in [3.8, 4) is 0 Å². The van der Waals surface area contributed by atoms with E-state index in [1.807, 2.05) is 37.3 Å². The number of esters is 1. The number of carbonyl (C=O) groups excluding carboxylic acids is 1. The lowest BCUT2D eigenvalue weighted by Crippen LogP contribution is -2.32. The summed E-state index contributed by atoms with van der Waals surface area (Å²) >= 11 is 0. The van der Waals surface area contributed by atoms with Crippen LogP contribution >= 0.6 is 0 Å². The highest BCUT2D eigenvalue weighted by Gasteiger charge is 2.21. The van der Waals surface area contributed by atoms with Crippen molar-refractivity contribution in [1.82, 2.24) is 5.32 Å². The Bertz CT molecular complexity index is 335. The van der Waals surface area contributed by atoms with Crippen molar-refractivity contribution in [3.63, 3.8) is 0 Å². The normalized spacial score (nSPS) is 12.5. The van der Waals surface area contributed by atoms with E-state index in [1.54, 1.807) is 0 Å². The minimum absolute atomic E-state index is 0.209. The molecule has 1 aromatic carbocycles. The molecule has 0 saturated heterocycles. The maximum atomic E-state index is 11.9. The Morgan fingerprint density at radius 2 is 1.94 bits per heavy atom. The molecule has 0 unspecified atom stereocenters. The van der Waals surface area contributed by atoms with Gasteiger partial charge < -0.3 is 10.1 Å². The second kappa shape index (κ2) is 7.07. The van der Waals surface area contributed by atoms with Crippen LogP contribution in [0.15, 0.2) is 30.3 Å². The van der Waals surface area contributed by atoms with E-state index >= 15 is 0 Å². The van der Waals surface area contributed by atoms with E-state index in [1.165, 1.54) is 0 Å². The topological polar surface area (TPSA) is 38.3 Å². The van der Waals surface area contributed by atoms with Gasteiger partial charge in [-0.1, -0.05) is 44.2 Å². The number of ether oxygens (including phenoxy) is 1. The van der Waals surface area contributed by atoms with E-state index in [4.69, 9.17) is 4.74 Å². The van der Waals surface area contributed by atoms with Crippen LogP contribution in [-0.2, 0) is 9.53 Å². The predicted molar refractivity (Wildman–Crippen MR) is 68.7 cm³/mol. The van der Waals surface area contributed by atoms with E-state index in [0.29, 0.717) is 12.5 Å². The fourth-order valence-electron chi connectivity index (χ4n) is 1.56. The van der Waals surface area contributed by atoms with Crippen LogP contribution in [-0.4, -0.2) is 19.1 Å². The summed E-state index contributed by atoms with van der Waals surface area (Å²) in [6.45, 7) is 7.24. The highest BCUT2D eigenvalue weighted by Crippen LogP contribution is 2.14. The number of hydrogen-bond acceptors (Lipinski definition) is 3. The van der Waals surface area contributed by atoms with E-state index in [2.05, 4.69) is 19.2 Å². The molecule has 1 atom stereocenters. The minimum Gasteiger partial charge on any atom is -0.465 e. The largest absolute Gasteiger partial charge is 0.465 e. The van der Waals surface area contributed by atoms with Gasteiger partial charge in [-0.15, -0.1) is 0 Å². The average molecular weight is 235 g/mol. The van der Waals surface area contributed by atoms with Gasteiger partial charge in [-0.3, -0.25) is 0 Å². The van der Waals surface area contributed by atoms with Crippen LogP contribution in [0.5, 0.6) is 0 Å². The fourth-order valence-corrected chi connectivity index (χ4v) is 1.56. The summed E-state index contributed by atoms with van der Waals surface area (Å²) in [5.74, 6) is 0.287. The number of benzene rings is 1. The Morgan fingerprint density at radius 1 is 1.29 bits per heavy atom. The van der Waals surface area contributed by atoms with Crippen molar-refractivity contribution < 1.29 is 9.53 Å². The standard InChI is InChI=1S/C14H21NO2/c1-4-17-14(16)13(15-10-11(2)3)12-8-6-5-7-9-12/h5-9,11,13,15H,4,10H2,1-3H3/t13-/m0/s1. The van der Waals surface area contributed by atoms with Gasteiger partial charge in [0.2, 0.25) is 0 Å². The van der Waals surface area contributed by atoms with Crippen molar-refractivity contribution >= 4 is 5.97 Å². The first-order chi connectivity index (χ1) is 8.15. The molecular formula is C14H21NO2. The lowest BCUT2D eigenvalue weighted by atomic mass is 10.1. The van der Waals surface area contributed by atoms with Crippen molar-refractivity contribution in [2.75, 3.05) is 13.2 Å². The van der Waals surface area contributed by atoms with Crippen molar-refractivity contribution in [2.45, 2.75) is 26.8 Å². The van der Waals surface area contributed by atoms with Crippen molar-refractivity contribution in [2.24, 2.45) is 5.92 Å². The van der Waals surface area contributed by atoms with E-state index in [0.717, 1.165) is 12.1 Å². The van der Waals surface area contributed by atoms with Gasteiger partial charge in [-0.2, -0.15) is 0 Å². The molecule has 0 bridgehead atoms. The molecule has 1 rings (SSSR count). The monoisotopic (exact) mass is 235 g/mol. The lowest BCUT2D eigenvalue weighted by molar-refractivity contribution is -0.145. The Hall–Kier alpha value is -1.35. The summed E-state index contributed by atoms with van der Waals surface area (Å²) in [4.78, 5) is 11.9. The molecule has 0 spiro atoms. The first kappa shape index (κ1) is 13.7. The second-order valence-corrected chi connectivity index (χ2v) is 4.40. The second-order valence-electron chi connectivity index (χ2n) is 4.40. The van der Waals surface area contributed by atoms with Gasteiger partial charge in [-0.25, -0.2) is 4.79 Å². The molecule has 0 aliphatic heterocycles. The van der Waals surface area contributed by atoms with Gasteiger partial charge in [-0.05, 0) is 24.9 Å². The number of hydrogen-bond donors (Lipinski definition) is 1. The van der Waals surface area contributed by atoms with Crippen LogP contribution in [0.3, 0.4) is 0 Å². The summed E-state index contributed by atoms with van der Waals surface area (Å²) in [7, 11) is 0. The summed E-state index contributed by atoms with van der Waals surface area (Å²) < 4.78 is 5.09. The molecular weight excluding hydrogens is 214 g/mol. The zero-order valence-electron chi connectivity index (χ0n) is 10.8. The molecule has 0 aliphatic rings. The van der Waals surface area contributed by atoms with Gasteiger partial charge in [0.25, 0.3) is 0 Å². The van der Waals surface area contributed by atoms with Crippen LogP contribution < -0.4 is 5.32 Å². The van der Waals surface area contributed by atoms with E-state index < -0.39 is 0 Å². The molecule has 0 saturated carbocycles. The number of nitrogens with one attached hydrogen (secondary N) is 1. The highest BCUT2D eigenvalue weighted by atomic mass is 16.5. The number of rotatable bonds is 6. The summed E-state index contributed by atoms with van der Waals surface area (Å²) in [5, 5.41) is 3.25. The minimum atomic E-state index is -0.362. The van der Waals surface area contributed by atoms with Gasteiger partial charge in [0.15, 0.2) is 0 Å². The first-order valence-corrected chi connectivity index (χ1v) is 6.10. The molecule has 3 nitrogen and oxygen atoms in total. The molecule has 0 radical (unpaired) electrons. The molecule has 0 aliphatic carbocycles. The maximum Gasteiger partial charge on any atom is 0.327 e. The van der Waals surface area contributed by atoms with E-state index in [9.17, 15) is 4.79 Å². The Kier molecular flexibility index (Phi) is 5.70. The third-order valence-electron chi connectivity index (χ3n) is 2.39. The number of carbonyl (C=O) groups is 1. The van der Waals surface area contributed by atoms with Gasteiger partial charge >= 0.3 is 5.97 Å². The summed E-state index contributed by atoms with van der Waals surface area (Å²) in [5.41, 5.74) is 0.951. The van der Waals surface area contributed by atoms with Crippen LogP contribution in [0.4, 0.5) is 0 Å². The highest BCUT2D eigenvalue weighted by molar-refractivity contribution is 5.77. The fraction of sp³-hybridized carbons (Fsp3) is 0.500. The molecule has 0 aromatic heterocycles. The van der Waals surface area contributed by atoms with Crippen LogP contribution in [0, 0.1) is 5.92 Å². The zero-order valence-corrected chi connectivity index (χ0v) is 10.8. The van der Waals surface area contributed by atoms with E-state index in [-0.39, 0.29) is 12.0 Å². The van der Waals surface area contributed by atoms with Crippen LogP contribution in [0.25, 0.3) is 0 Å². The van der Waals surface area contributed by atoms with Gasteiger partial charge in [0.1, 0.15) is 6.04 Å². The molecule has 17 heavy (non-hydrogen) atoms. The van der Waals surface area contributed by atoms with Gasteiger partial charge in [0, 0.05) is 0 Å². The first-order valence-electron chi connectivity index (χ1n) is 6.10. The molecule has 3 heteroatoms. The van der Waals surface area contributed by atoms with Crippen LogP contribution in [0.2, 0.25) is 0 Å². The zero-order chi connectivity index (χ0) is 12.7. The quantitative estimate of drug-likeness (QED) is 0.770. The molecule has 0 heterocycles. The van der Waals surface area contributed by atoms with Crippen molar-refractivity contribution in [1.29, 1.82) is 0 Å². The molecule has 94 valence electrons. The predicted octanol–water partition coefficient (Wildman–Crippen LogP) is 2.54. The third-order valence-corrected chi connectivity index (χ3v) is 2.39. The lowest BCUT2D eigenvalue weighted by Gasteiger charge is -2.18. The van der Waals surface area contributed by atoms with Crippen LogP contribution in [0.1, 0.15) is 32.4 Å². The maximum absolute atomic E-state index is 11.9. The smallest absolute Gasteiger partial charge is 0.327 e. The Balaban J connectivity index is 2.75. The third kappa shape index (κ3) is 4.57. The molecule has 0 amide bonds. The van der Waals surface area contributed by atoms with Crippen molar-refractivity contribution in [3.05, 3.63) is 35.9 Å². The Morgan fingerprint density at radius 3 is 2.47 bits per heavy atom. The summed E-state index contributed by atoms with van der Waals surface area (Å²) in [6.07, 6.45) is 0.